The number of halogens is 3. The number of hydrogen-bond acceptors (Lipinski definition) is 3. The summed E-state index contributed by atoms with van der Waals surface area (Å²) in [5.41, 5.74) is 0.896. The van der Waals surface area contributed by atoms with E-state index < -0.39 is 5.82 Å². The van der Waals surface area contributed by atoms with Gasteiger partial charge in [0.05, 0.1) is 12.0 Å². The lowest BCUT2D eigenvalue weighted by atomic mass is 9.97. The van der Waals surface area contributed by atoms with Gasteiger partial charge in [0.1, 0.15) is 5.82 Å². The first-order chi connectivity index (χ1) is 10.2. The number of hydrogen-bond donors (Lipinski definition) is 2. The smallest absolute Gasteiger partial charge is 0.227 e. The number of carbonyl (C=O) groups excluding carboxylic acids is 1. The van der Waals surface area contributed by atoms with E-state index in [9.17, 15) is 9.18 Å². The molecular weight excluding hydrogens is 342 g/mol. The molecule has 0 unspecified atom stereocenters. The molecule has 0 bridgehead atoms. The van der Waals surface area contributed by atoms with Crippen LogP contribution in [0.4, 0.5) is 10.1 Å². The fourth-order valence-electron chi connectivity index (χ4n) is 2.52. The van der Waals surface area contributed by atoms with Gasteiger partial charge in [0.15, 0.2) is 0 Å². The van der Waals surface area contributed by atoms with Gasteiger partial charge in [-0.2, -0.15) is 0 Å². The third-order valence-electron chi connectivity index (χ3n) is 3.71. The van der Waals surface area contributed by atoms with Crippen molar-refractivity contribution in [1.29, 1.82) is 0 Å². The van der Waals surface area contributed by atoms with Crippen molar-refractivity contribution in [3.05, 3.63) is 42.7 Å². The molecule has 2 heterocycles. The summed E-state index contributed by atoms with van der Waals surface area (Å²) in [7, 11) is 0. The van der Waals surface area contributed by atoms with Gasteiger partial charge in [0.25, 0.3) is 0 Å². The summed E-state index contributed by atoms with van der Waals surface area (Å²) in [5, 5.41) is 6.01. The van der Waals surface area contributed by atoms with Crippen molar-refractivity contribution in [2.45, 2.75) is 12.8 Å². The third kappa shape index (κ3) is 4.67. The van der Waals surface area contributed by atoms with Gasteiger partial charge in [0.2, 0.25) is 5.91 Å². The molecule has 23 heavy (non-hydrogen) atoms. The van der Waals surface area contributed by atoms with Crippen molar-refractivity contribution >= 4 is 36.4 Å². The molecule has 0 atom stereocenters. The Morgan fingerprint density at radius 2 is 2.04 bits per heavy atom. The van der Waals surface area contributed by atoms with Crippen LogP contribution >= 0.6 is 24.8 Å². The van der Waals surface area contributed by atoms with E-state index in [1.165, 1.54) is 12.4 Å². The molecule has 1 aromatic heterocycles. The van der Waals surface area contributed by atoms with Crippen LogP contribution < -0.4 is 10.6 Å². The quantitative estimate of drug-likeness (QED) is 0.884. The minimum Gasteiger partial charge on any atom is -0.326 e. The number of rotatable bonds is 3. The summed E-state index contributed by atoms with van der Waals surface area (Å²) < 4.78 is 15.7. The van der Waals surface area contributed by atoms with Crippen molar-refractivity contribution in [3.8, 4) is 5.69 Å². The summed E-state index contributed by atoms with van der Waals surface area (Å²) in [6, 6.07) is 4.68. The number of aromatic nitrogens is 2. The van der Waals surface area contributed by atoms with Gasteiger partial charge in [-0.1, -0.05) is 0 Å². The van der Waals surface area contributed by atoms with Gasteiger partial charge in [-0.15, -0.1) is 24.8 Å². The Balaban J connectivity index is 0.00000132. The fraction of sp³-hybridized carbons (Fsp3) is 0.333. The third-order valence-corrected chi connectivity index (χ3v) is 3.71. The molecule has 5 nitrogen and oxygen atoms in total. The van der Waals surface area contributed by atoms with E-state index in [1.807, 2.05) is 0 Å². The number of carbonyl (C=O) groups is 1. The highest BCUT2D eigenvalue weighted by atomic mass is 35.5. The van der Waals surface area contributed by atoms with Crippen LogP contribution in [0.3, 0.4) is 0 Å². The molecule has 1 aliphatic rings. The second-order valence-electron chi connectivity index (χ2n) is 5.15. The van der Waals surface area contributed by atoms with E-state index >= 15 is 0 Å². The Bertz CT molecular complexity index is 630. The SMILES string of the molecule is Cl.Cl.O=C(Nc1ccc(-n2ccnc2)c(F)c1)C1CCNCC1. The Labute approximate surface area is 146 Å². The first-order valence-corrected chi connectivity index (χ1v) is 7.03. The van der Waals surface area contributed by atoms with Crippen molar-refractivity contribution in [2.75, 3.05) is 18.4 Å². The topological polar surface area (TPSA) is 59.0 Å². The van der Waals surface area contributed by atoms with E-state index in [0.29, 0.717) is 11.4 Å². The first-order valence-electron chi connectivity index (χ1n) is 7.03. The van der Waals surface area contributed by atoms with Crippen molar-refractivity contribution in [2.24, 2.45) is 5.92 Å². The molecule has 0 aliphatic carbocycles. The number of imidazole rings is 1. The number of nitrogens with one attached hydrogen (secondary N) is 2. The van der Waals surface area contributed by atoms with E-state index in [2.05, 4.69) is 15.6 Å². The summed E-state index contributed by atoms with van der Waals surface area (Å²) in [4.78, 5) is 16.0. The molecule has 2 N–H and O–H groups in total. The Hall–Kier alpha value is -1.63. The lowest BCUT2D eigenvalue weighted by Gasteiger charge is -2.21. The predicted octanol–water partition coefficient (Wildman–Crippen LogP) is 2.79. The molecule has 1 fully saturated rings. The highest BCUT2D eigenvalue weighted by molar-refractivity contribution is 5.92. The number of benzene rings is 1. The van der Waals surface area contributed by atoms with Crippen molar-refractivity contribution in [3.63, 3.8) is 0 Å². The Morgan fingerprint density at radius 3 is 2.65 bits per heavy atom. The molecule has 3 rings (SSSR count). The maximum Gasteiger partial charge on any atom is 0.227 e. The van der Waals surface area contributed by atoms with Crippen LogP contribution in [0, 0.1) is 11.7 Å². The summed E-state index contributed by atoms with van der Waals surface area (Å²) in [5.74, 6) is -0.426. The number of anilines is 1. The van der Waals surface area contributed by atoms with Gasteiger partial charge in [-0.05, 0) is 44.1 Å². The minimum atomic E-state index is -0.392. The zero-order chi connectivity index (χ0) is 14.7. The lowest BCUT2D eigenvalue weighted by molar-refractivity contribution is -0.120. The molecule has 1 aliphatic heterocycles. The average Bonchev–Trinajstić information content (AvgIpc) is 3.02. The van der Waals surface area contributed by atoms with Crippen LogP contribution in [0.15, 0.2) is 36.9 Å². The van der Waals surface area contributed by atoms with Crippen LogP contribution in [0.25, 0.3) is 5.69 Å². The average molecular weight is 361 g/mol. The second-order valence-corrected chi connectivity index (χ2v) is 5.15. The summed E-state index contributed by atoms with van der Waals surface area (Å²) in [6.07, 6.45) is 6.44. The van der Waals surface area contributed by atoms with Crippen molar-refractivity contribution < 1.29 is 9.18 Å². The second kappa shape index (κ2) is 8.86. The zero-order valence-electron chi connectivity index (χ0n) is 12.4. The molecular formula is C15H19Cl2FN4O. The number of piperidine rings is 1. The van der Waals surface area contributed by atoms with Crippen LogP contribution in [0.5, 0.6) is 0 Å². The first kappa shape index (κ1) is 19.4. The highest BCUT2D eigenvalue weighted by Gasteiger charge is 2.21. The minimum absolute atomic E-state index is 0. The van der Waals surface area contributed by atoms with Gasteiger partial charge >= 0.3 is 0 Å². The predicted molar refractivity (Wildman–Crippen MR) is 92.2 cm³/mol. The molecule has 1 amide bonds. The molecule has 1 aromatic carbocycles. The molecule has 1 saturated heterocycles. The van der Waals surface area contributed by atoms with Gasteiger partial charge in [-0.3, -0.25) is 4.79 Å². The van der Waals surface area contributed by atoms with Crippen molar-refractivity contribution in [1.82, 2.24) is 14.9 Å². The molecule has 0 spiro atoms. The lowest BCUT2D eigenvalue weighted by Crippen LogP contribution is -2.34. The van der Waals surface area contributed by atoms with Gasteiger partial charge in [-0.25, -0.2) is 9.37 Å². The van der Waals surface area contributed by atoms with E-state index in [4.69, 9.17) is 0 Å². The largest absolute Gasteiger partial charge is 0.326 e. The van der Waals surface area contributed by atoms with Crippen LogP contribution in [-0.4, -0.2) is 28.5 Å². The molecule has 2 aromatic rings. The molecule has 126 valence electrons. The van der Waals surface area contributed by atoms with E-state index in [1.54, 1.807) is 29.1 Å². The van der Waals surface area contributed by atoms with E-state index in [-0.39, 0.29) is 36.6 Å². The highest BCUT2D eigenvalue weighted by Crippen LogP contribution is 2.20. The molecule has 0 radical (unpaired) electrons. The van der Waals surface area contributed by atoms with E-state index in [0.717, 1.165) is 25.9 Å². The Morgan fingerprint density at radius 1 is 1.30 bits per heavy atom. The van der Waals surface area contributed by atoms with Gasteiger partial charge < -0.3 is 15.2 Å². The fourth-order valence-corrected chi connectivity index (χ4v) is 2.52. The van der Waals surface area contributed by atoms with Gasteiger partial charge in [0, 0.05) is 24.0 Å². The Kier molecular flexibility index (Phi) is 7.48. The van der Waals surface area contributed by atoms with Crippen LogP contribution in [0.1, 0.15) is 12.8 Å². The molecule has 0 saturated carbocycles. The zero-order valence-corrected chi connectivity index (χ0v) is 14.0. The number of nitrogens with zero attached hydrogens (tertiary/aromatic N) is 2. The summed E-state index contributed by atoms with van der Waals surface area (Å²) >= 11 is 0. The maximum absolute atomic E-state index is 14.1. The molecule has 8 heteroatoms. The van der Waals surface area contributed by atoms with Crippen LogP contribution in [-0.2, 0) is 4.79 Å². The summed E-state index contributed by atoms with van der Waals surface area (Å²) in [6.45, 7) is 1.71. The standard InChI is InChI=1S/C15H17FN4O.2ClH/c16-13-9-12(1-2-14(13)20-8-7-18-10-20)19-15(21)11-3-5-17-6-4-11;;/h1-2,7-11,17H,3-6H2,(H,19,21);2*1H. The normalized spacial score (nSPS) is 14.5. The monoisotopic (exact) mass is 360 g/mol. The number of amides is 1. The maximum atomic E-state index is 14.1. The van der Waals surface area contributed by atoms with Crippen LogP contribution in [0.2, 0.25) is 0 Å².